The van der Waals surface area contributed by atoms with Crippen molar-refractivity contribution in [3.63, 3.8) is 0 Å². The molecule has 0 saturated carbocycles. The summed E-state index contributed by atoms with van der Waals surface area (Å²) in [6, 6.07) is 18.9. The molecule has 17 heteroatoms. The number of hydrogen-bond acceptors (Lipinski definition) is 11. The minimum absolute atomic E-state index is 0.240. The predicted molar refractivity (Wildman–Crippen MR) is 216 cm³/mol. The first-order chi connectivity index (χ1) is 28.2. The van der Waals surface area contributed by atoms with E-state index in [-0.39, 0.29) is 17.5 Å². The first-order valence-corrected chi connectivity index (χ1v) is 18.1. The van der Waals surface area contributed by atoms with Gasteiger partial charge in [0.25, 0.3) is 0 Å². The zero-order chi connectivity index (χ0) is 40.7. The maximum Gasteiger partial charge on any atom is 0.159 e. The van der Waals surface area contributed by atoms with Gasteiger partial charge in [0, 0.05) is 37.7 Å². The summed E-state index contributed by atoms with van der Waals surface area (Å²) in [5.74, 6) is 2.58. The number of benzene rings is 3. The van der Waals surface area contributed by atoms with Gasteiger partial charge in [0.2, 0.25) is 0 Å². The molecule has 0 saturated heterocycles. The Hall–Kier alpha value is -7.20. The number of hydrogen-bond donors (Lipinski definition) is 3. The number of aromatic nitrogens is 10. The summed E-state index contributed by atoms with van der Waals surface area (Å²) < 4.78 is 42.0. The number of rotatable bonds is 11. The molecular weight excluding hydrogens is 767 g/mol. The van der Waals surface area contributed by atoms with Gasteiger partial charge in [-0.2, -0.15) is 0 Å². The van der Waals surface area contributed by atoms with Crippen LogP contribution in [0.15, 0.2) is 135 Å². The Kier molecular flexibility index (Phi) is 14.0. The van der Waals surface area contributed by atoms with Gasteiger partial charge in [0.05, 0.1) is 42.9 Å². The fraction of sp³-hybridized carbons (Fsp3) is 0.122. The van der Waals surface area contributed by atoms with E-state index in [1.54, 1.807) is 86.2 Å². The van der Waals surface area contributed by atoms with Crippen molar-refractivity contribution >= 4 is 29.1 Å². The molecule has 58 heavy (non-hydrogen) atoms. The summed E-state index contributed by atoms with van der Waals surface area (Å²) in [7, 11) is 0. The summed E-state index contributed by atoms with van der Waals surface area (Å²) in [5.41, 5.74) is 4.81. The Balaban J connectivity index is 0.000000148. The minimum atomic E-state index is -0.244. The van der Waals surface area contributed by atoms with Gasteiger partial charge in [-0.15, -0.1) is 0 Å². The Morgan fingerprint density at radius 1 is 0.517 bits per heavy atom. The van der Waals surface area contributed by atoms with Gasteiger partial charge in [0.1, 0.15) is 52.7 Å². The quantitative estimate of drug-likeness (QED) is 0.116. The average Bonchev–Trinajstić information content (AvgIpc) is 3.89. The molecule has 0 unspecified atom stereocenters. The van der Waals surface area contributed by atoms with Crippen molar-refractivity contribution in [3.05, 3.63) is 186 Å². The van der Waals surface area contributed by atoms with Crippen LogP contribution in [-0.2, 0) is 19.6 Å². The third kappa shape index (κ3) is 12.4. The highest BCUT2D eigenvalue weighted by molar-refractivity contribution is 6.29. The molecule has 0 aliphatic rings. The second-order valence-corrected chi connectivity index (χ2v) is 12.9. The maximum atomic E-state index is 12.8. The standard InChI is InChI=1S/2C15H14FN5.C11H9ClFN3/c1-11-9-21(10-19-11)15-8-17-7-14(20-15)18-6-12-2-4-13(16)5-3-12;1-11-6-18-10-21(11)15-9-17-8-14(20-15)19-7-12-2-4-13(16)5-3-12;12-10-6-14-7-11(16-10)15-5-8-1-3-9(13)4-2-8/h2-5,7-10H,6H2,1H3,(H,18,20);2-6,8-10H,7H2,1H3,(H,19,20);1-4,6-7H,5H2,(H,15,16). The lowest BCUT2D eigenvalue weighted by Crippen LogP contribution is -2.05. The van der Waals surface area contributed by atoms with Gasteiger partial charge in [-0.3, -0.25) is 24.1 Å². The number of nitrogens with one attached hydrogen (secondary N) is 3. The molecule has 0 amide bonds. The summed E-state index contributed by atoms with van der Waals surface area (Å²) in [5, 5.41) is 9.72. The van der Waals surface area contributed by atoms with Crippen LogP contribution in [0.2, 0.25) is 5.15 Å². The average molecular weight is 804 g/mol. The maximum absolute atomic E-state index is 12.8. The van der Waals surface area contributed by atoms with Crippen LogP contribution in [-0.4, -0.2) is 49.0 Å². The van der Waals surface area contributed by atoms with Crippen molar-refractivity contribution in [2.24, 2.45) is 0 Å². The highest BCUT2D eigenvalue weighted by atomic mass is 35.5. The van der Waals surface area contributed by atoms with E-state index >= 15 is 0 Å². The van der Waals surface area contributed by atoms with Crippen LogP contribution in [0.4, 0.5) is 30.6 Å². The number of nitrogens with zero attached hydrogens (tertiary/aromatic N) is 10. The molecule has 3 aromatic carbocycles. The van der Waals surface area contributed by atoms with E-state index in [9.17, 15) is 13.2 Å². The second-order valence-electron chi connectivity index (χ2n) is 12.5. The zero-order valence-corrected chi connectivity index (χ0v) is 32.1. The molecule has 294 valence electrons. The fourth-order valence-corrected chi connectivity index (χ4v) is 5.23. The van der Waals surface area contributed by atoms with E-state index in [1.807, 2.05) is 29.2 Å². The number of anilines is 3. The molecule has 8 rings (SSSR count). The molecule has 8 aromatic rings. The molecule has 0 radical (unpaired) electrons. The molecule has 5 heterocycles. The highest BCUT2D eigenvalue weighted by Crippen LogP contribution is 2.13. The highest BCUT2D eigenvalue weighted by Gasteiger charge is 2.05. The monoisotopic (exact) mass is 803 g/mol. The van der Waals surface area contributed by atoms with Crippen LogP contribution in [0.5, 0.6) is 0 Å². The van der Waals surface area contributed by atoms with Gasteiger partial charge >= 0.3 is 0 Å². The van der Waals surface area contributed by atoms with Crippen molar-refractivity contribution < 1.29 is 13.2 Å². The van der Waals surface area contributed by atoms with E-state index < -0.39 is 0 Å². The smallest absolute Gasteiger partial charge is 0.159 e. The van der Waals surface area contributed by atoms with Gasteiger partial charge in [-0.25, -0.2) is 38.1 Å². The van der Waals surface area contributed by atoms with Crippen molar-refractivity contribution in [1.29, 1.82) is 0 Å². The Morgan fingerprint density at radius 2 is 0.966 bits per heavy atom. The Labute approximate surface area is 337 Å². The molecule has 0 spiro atoms. The van der Waals surface area contributed by atoms with Crippen LogP contribution in [0, 0.1) is 31.3 Å². The summed E-state index contributed by atoms with van der Waals surface area (Å²) in [4.78, 5) is 33.4. The molecule has 0 aliphatic carbocycles. The summed E-state index contributed by atoms with van der Waals surface area (Å²) in [6.45, 7) is 5.53. The normalized spacial score (nSPS) is 10.4. The molecule has 0 bridgehead atoms. The van der Waals surface area contributed by atoms with Crippen molar-refractivity contribution in [1.82, 2.24) is 49.0 Å². The Morgan fingerprint density at radius 3 is 1.40 bits per heavy atom. The van der Waals surface area contributed by atoms with Crippen LogP contribution in [0.25, 0.3) is 11.6 Å². The third-order valence-corrected chi connectivity index (χ3v) is 8.24. The summed E-state index contributed by atoms with van der Waals surface area (Å²) >= 11 is 5.68. The SMILES string of the molecule is Cc1cn(-c2cncc(NCc3ccc(F)cc3)n2)cn1.Cc1cncn1-c1cncc(NCc2ccc(F)cc2)n1.Fc1ccc(CNc2cncc(Cl)n2)cc1. The first-order valence-electron chi connectivity index (χ1n) is 17.7. The van der Waals surface area contributed by atoms with Crippen LogP contribution in [0.1, 0.15) is 28.1 Å². The predicted octanol–water partition coefficient (Wildman–Crippen LogP) is 8.33. The summed E-state index contributed by atoms with van der Waals surface area (Å²) in [6.07, 6.45) is 16.7. The molecule has 13 nitrogen and oxygen atoms in total. The van der Waals surface area contributed by atoms with Gasteiger partial charge in [0.15, 0.2) is 11.6 Å². The molecule has 0 atom stereocenters. The Bertz CT molecular complexity index is 2490. The van der Waals surface area contributed by atoms with Crippen LogP contribution < -0.4 is 16.0 Å². The molecule has 3 N–H and O–H groups in total. The van der Waals surface area contributed by atoms with Crippen molar-refractivity contribution in [3.8, 4) is 11.6 Å². The fourth-order valence-electron chi connectivity index (χ4n) is 5.08. The molecule has 0 fully saturated rings. The van der Waals surface area contributed by atoms with Gasteiger partial charge in [-0.1, -0.05) is 48.0 Å². The van der Waals surface area contributed by atoms with E-state index in [4.69, 9.17) is 11.6 Å². The molecule has 5 aromatic heterocycles. The van der Waals surface area contributed by atoms with E-state index in [0.29, 0.717) is 53.9 Å². The second kappa shape index (κ2) is 20.1. The van der Waals surface area contributed by atoms with Gasteiger partial charge in [-0.05, 0) is 66.9 Å². The minimum Gasteiger partial charge on any atom is -0.365 e. The van der Waals surface area contributed by atoms with Crippen molar-refractivity contribution in [2.75, 3.05) is 16.0 Å². The van der Waals surface area contributed by atoms with Crippen molar-refractivity contribution in [2.45, 2.75) is 33.5 Å². The van der Waals surface area contributed by atoms with Gasteiger partial charge < -0.3 is 16.0 Å². The topological polar surface area (TPSA) is 149 Å². The van der Waals surface area contributed by atoms with Crippen LogP contribution >= 0.6 is 11.6 Å². The van der Waals surface area contributed by atoms with Crippen LogP contribution in [0.3, 0.4) is 0 Å². The van der Waals surface area contributed by atoms with E-state index in [0.717, 1.165) is 28.1 Å². The lowest BCUT2D eigenvalue weighted by molar-refractivity contribution is 0.626. The van der Waals surface area contributed by atoms with E-state index in [1.165, 1.54) is 42.6 Å². The van der Waals surface area contributed by atoms with E-state index in [2.05, 4.69) is 55.8 Å². The lowest BCUT2D eigenvalue weighted by Gasteiger charge is -2.08. The third-order valence-electron chi connectivity index (χ3n) is 8.06. The molecular formula is C41H37ClF3N13. The number of imidazole rings is 2. The zero-order valence-electron chi connectivity index (χ0n) is 31.3. The largest absolute Gasteiger partial charge is 0.365 e. The lowest BCUT2D eigenvalue weighted by atomic mass is 10.2. The first kappa shape index (κ1) is 40.5. The molecule has 0 aliphatic heterocycles. The number of halogens is 4. The number of aryl methyl sites for hydroxylation is 2.